The van der Waals surface area contributed by atoms with Crippen LogP contribution in [0.5, 0.6) is 0 Å². The minimum Gasteiger partial charge on any atom is -0.338 e. The molecule has 3 heterocycles. The Morgan fingerprint density at radius 1 is 1.22 bits per heavy atom. The second-order valence-electron chi connectivity index (χ2n) is 6.20. The maximum absolute atomic E-state index is 12.6. The number of rotatable bonds is 2. The molecule has 4 rings (SSSR count). The third-order valence-electron chi connectivity index (χ3n) is 4.79. The number of nitrogens with one attached hydrogen (secondary N) is 1. The second kappa shape index (κ2) is 6.25. The Labute approximate surface area is 140 Å². The lowest BCUT2D eigenvalue weighted by Gasteiger charge is -2.22. The lowest BCUT2D eigenvalue weighted by Crippen LogP contribution is -2.33. The fourth-order valence-corrected chi connectivity index (χ4v) is 3.47. The fraction of sp³-hybridized carbons (Fsp3) is 0.467. The number of hydrogen-bond donors (Lipinski definition) is 1. The highest BCUT2D eigenvalue weighted by Crippen LogP contribution is 2.36. The molecule has 0 radical (unpaired) electrons. The molecule has 1 spiro atoms. The van der Waals surface area contributed by atoms with Gasteiger partial charge in [0.25, 0.3) is 5.91 Å². The molecule has 0 saturated carbocycles. The van der Waals surface area contributed by atoms with E-state index >= 15 is 0 Å². The molecule has 7 nitrogen and oxygen atoms in total. The van der Waals surface area contributed by atoms with Gasteiger partial charge in [-0.25, -0.2) is 4.68 Å². The van der Waals surface area contributed by atoms with Crippen LogP contribution < -0.4 is 5.32 Å². The van der Waals surface area contributed by atoms with Crippen molar-refractivity contribution in [3.05, 3.63) is 36.2 Å². The third kappa shape index (κ3) is 2.94. The summed E-state index contributed by atoms with van der Waals surface area (Å²) < 4.78 is 1.57. The van der Waals surface area contributed by atoms with Crippen LogP contribution in [0.1, 0.15) is 23.2 Å². The highest BCUT2D eigenvalue weighted by molar-refractivity contribution is 5.94. The van der Waals surface area contributed by atoms with E-state index in [2.05, 4.69) is 20.8 Å². The van der Waals surface area contributed by atoms with Crippen molar-refractivity contribution in [2.24, 2.45) is 5.41 Å². The molecule has 2 saturated heterocycles. The Kier molecular flexibility index (Phi) is 4.32. The molecular formula is C15H19ClN6O. The van der Waals surface area contributed by atoms with E-state index in [4.69, 9.17) is 0 Å². The van der Waals surface area contributed by atoms with Crippen LogP contribution in [0.2, 0.25) is 0 Å². The van der Waals surface area contributed by atoms with Crippen molar-refractivity contribution in [2.75, 3.05) is 26.2 Å². The number of benzene rings is 1. The molecule has 1 aromatic heterocycles. The maximum Gasteiger partial charge on any atom is 0.253 e. The van der Waals surface area contributed by atoms with Crippen LogP contribution in [0.3, 0.4) is 0 Å². The smallest absolute Gasteiger partial charge is 0.253 e. The number of aromatic nitrogens is 4. The zero-order valence-electron chi connectivity index (χ0n) is 12.7. The van der Waals surface area contributed by atoms with Crippen LogP contribution in [-0.4, -0.2) is 57.2 Å². The lowest BCUT2D eigenvalue weighted by molar-refractivity contribution is 0.0775. The minimum atomic E-state index is 0. The number of carbonyl (C=O) groups is 1. The number of halogens is 1. The van der Waals surface area contributed by atoms with Gasteiger partial charge in [0.2, 0.25) is 0 Å². The third-order valence-corrected chi connectivity index (χ3v) is 4.79. The average molecular weight is 335 g/mol. The summed E-state index contributed by atoms with van der Waals surface area (Å²) in [5.41, 5.74) is 1.88. The van der Waals surface area contributed by atoms with Gasteiger partial charge in [-0.05, 0) is 54.1 Å². The van der Waals surface area contributed by atoms with Crippen molar-refractivity contribution in [2.45, 2.75) is 12.8 Å². The summed E-state index contributed by atoms with van der Waals surface area (Å²) in [5.74, 6) is 0.118. The number of tetrazole rings is 1. The molecule has 0 aliphatic carbocycles. The summed E-state index contributed by atoms with van der Waals surface area (Å²) in [6, 6.07) is 7.42. The van der Waals surface area contributed by atoms with Gasteiger partial charge in [0, 0.05) is 30.6 Å². The number of hydrogen-bond acceptors (Lipinski definition) is 5. The molecule has 1 aromatic carbocycles. The topological polar surface area (TPSA) is 75.9 Å². The van der Waals surface area contributed by atoms with Crippen LogP contribution in [0.15, 0.2) is 30.6 Å². The number of carbonyl (C=O) groups excluding carboxylic acids is 1. The molecule has 1 N–H and O–H groups in total. The van der Waals surface area contributed by atoms with E-state index in [1.165, 1.54) is 12.7 Å². The first-order valence-electron chi connectivity index (χ1n) is 7.59. The summed E-state index contributed by atoms with van der Waals surface area (Å²) in [6.07, 6.45) is 3.82. The molecule has 122 valence electrons. The summed E-state index contributed by atoms with van der Waals surface area (Å²) in [7, 11) is 0. The Morgan fingerprint density at radius 3 is 2.70 bits per heavy atom. The number of likely N-dealkylation sites (tertiary alicyclic amines) is 1. The molecule has 2 fully saturated rings. The predicted octanol–water partition coefficient (Wildman–Crippen LogP) is 0.910. The zero-order valence-corrected chi connectivity index (χ0v) is 13.5. The van der Waals surface area contributed by atoms with Crippen molar-refractivity contribution in [3.8, 4) is 5.69 Å². The quantitative estimate of drug-likeness (QED) is 0.883. The van der Waals surface area contributed by atoms with E-state index in [-0.39, 0.29) is 18.3 Å². The van der Waals surface area contributed by atoms with E-state index in [9.17, 15) is 4.79 Å². The maximum atomic E-state index is 12.6. The van der Waals surface area contributed by atoms with E-state index in [0.717, 1.165) is 43.9 Å². The summed E-state index contributed by atoms with van der Waals surface area (Å²) in [5, 5.41) is 14.5. The first-order chi connectivity index (χ1) is 10.8. The van der Waals surface area contributed by atoms with Crippen LogP contribution in [0.4, 0.5) is 0 Å². The van der Waals surface area contributed by atoms with E-state index < -0.39 is 0 Å². The van der Waals surface area contributed by atoms with Crippen molar-refractivity contribution >= 4 is 18.3 Å². The first-order valence-corrected chi connectivity index (χ1v) is 7.59. The second-order valence-corrected chi connectivity index (χ2v) is 6.20. The molecule has 1 amide bonds. The summed E-state index contributed by atoms with van der Waals surface area (Å²) in [4.78, 5) is 14.6. The Bertz CT molecular complexity index is 666. The molecule has 1 atom stereocenters. The highest BCUT2D eigenvalue weighted by atomic mass is 35.5. The molecule has 2 aliphatic heterocycles. The van der Waals surface area contributed by atoms with Gasteiger partial charge >= 0.3 is 0 Å². The van der Waals surface area contributed by atoms with Gasteiger partial charge in [0.15, 0.2) is 0 Å². The normalized spacial score (nSPS) is 23.2. The fourth-order valence-electron chi connectivity index (χ4n) is 3.47. The van der Waals surface area contributed by atoms with Crippen LogP contribution >= 0.6 is 12.4 Å². The van der Waals surface area contributed by atoms with Crippen molar-refractivity contribution < 1.29 is 4.79 Å². The molecule has 2 aliphatic rings. The summed E-state index contributed by atoms with van der Waals surface area (Å²) >= 11 is 0. The minimum absolute atomic E-state index is 0. The zero-order chi connectivity index (χ0) is 15.0. The van der Waals surface area contributed by atoms with Gasteiger partial charge in [-0.15, -0.1) is 17.5 Å². The Morgan fingerprint density at radius 2 is 2.04 bits per heavy atom. The van der Waals surface area contributed by atoms with Crippen LogP contribution in [0, 0.1) is 5.41 Å². The van der Waals surface area contributed by atoms with Crippen molar-refractivity contribution in [1.82, 2.24) is 30.4 Å². The lowest BCUT2D eigenvalue weighted by atomic mass is 9.86. The standard InChI is InChI=1S/C15H18N6O.ClH/c22-14(20-8-6-15(10-20)5-7-16-9-15)12-1-3-13(4-2-12)21-11-17-18-19-21;/h1-4,11,16H,5-10H2;1H. The van der Waals surface area contributed by atoms with Crippen LogP contribution in [-0.2, 0) is 0 Å². The molecule has 1 unspecified atom stereocenters. The Balaban J connectivity index is 0.00000156. The summed E-state index contributed by atoms with van der Waals surface area (Å²) in [6.45, 7) is 3.83. The highest BCUT2D eigenvalue weighted by Gasteiger charge is 2.41. The van der Waals surface area contributed by atoms with Gasteiger partial charge < -0.3 is 10.2 Å². The number of amides is 1. The van der Waals surface area contributed by atoms with Crippen molar-refractivity contribution in [1.29, 1.82) is 0 Å². The van der Waals surface area contributed by atoms with Gasteiger partial charge in [-0.3, -0.25) is 4.79 Å². The average Bonchev–Trinajstić information content (AvgIpc) is 3.30. The predicted molar refractivity (Wildman–Crippen MR) is 86.8 cm³/mol. The van der Waals surface area contributed by atoms with Gasteiger partial charge in [0.05, 0.1) is 5.69 Å². The van der Waals surface area contributed by atoms with E-state index in [1.54, 1.807) is 4.68 Å². The molecule has 8 heteroatoms. The number of nitrogens with zero attached hydrogens (tertiary/aromatic N) is 5. The van der Waals surface area contributed by atoms with Crippen LogP contribution in [0.25, 0.3) is 5.69 Å². The van der Waals surface area contributed by atoms with Crippen molar-refractivity contribution in [3.63, 3.8) is 0 Å². The van der Waals surface area contributed by atoms with E-state index in [0.29, 0.717) is 5.41 Å². The molecule has 0 bridgehead atoms. The first kappa shape index (κ1) is 15.9. The largest absolute Gasteiger partial charge is 0.338 e. The molecular weight excluding hydrogens is 316 g/mol. The monoisotopic (exact) mass is 334 g/mol. The SMILES string of the molecule is Cl.O=C(c1ccc(-n2cnnn2)cc1)N1CCC2(CCNC2)C1. The van der Waals surface area contributed by atoms with E-state index in [1.807, 2.05) is 29.2 Å². The van der Waals surface area contributed by atoms with Gasteiger partial charge in [0.1, 0.15) is 6.33 Å². The van der Waals surface area contributed by atoms with Gasteiger partial charge in [-0.1, -0.05) is 0 Å². The molecule has 2 aromatic rings. The molecule has 23 heavy (non-hydrogen) atoms. The Hall–Kier alpha value is -1.99. The van der Waals surface area contributed by atoms with Gasteiger partial charge in [-0.2, -0.15) is 0 Å².